The maximum Gasteiger partial charge on any atom is 0.346 e. The third kappa shape index (κ3) is 3.71. The monoisotopic (exact) mass is 332 g/mol. The Morgan fingerprint density at radius 1 is 0.958 bits per heavy atom. The Morgan fingerprint density at radius 3 is 2.00 bits per heavy atom. The van der Waals surface area contributed by atoms with Gasteiger partial charge in [0.1, 0.15) is 22.9 Å². The van der Waals surface area contributed by atoms with Crippen LogP contribution < -0.4 is 9.47 Å². The molecule has 0 aliphatic carbocycles. The number of hydrogen-bond acceptors (Lipinski definition) is 5. The van der Waals surface area contributed by atoms with Crippen molar-refractivity contribution in [2.24, 2.45) is 0 Å². The average Bonchev–Trinajstić information content (AvgIpc) is 2.60. The number of hydrogen-bond donors (Lipinski definition) is 0. The van der Waals surface area contributed by atoms with Gasteiger partial charge >= 0.3 is 5.97 Å². The molecule has 0 aliphatic rings. The average molecular weight is 332 g/mol. The van der Waals surface area contributed by atoms with Crippen LogP contribution in [0.3, 0.4) is 0 Å². The Bertz CT molecular complexity index is 717. The van der Waals surface area contributed by atoms with E-state index in [1.54, 1.807) is 18.2 Å². The lowest BCUT2D eigenvalue weighted by Gasteiger charge is -2.16. The van der Waals surface area contributed by atoms with Gasteiger partial charge in [-0.05, 0) is 43.3 Å². The van der Waals surface area contributed by atoms with E-state index in [0.717, 1.165) is 0 Å². The fraction of sp³-hybridized carbons (Fsp3) is 0.222. The first-order valence-electron chi connectivity index (χ1n) is 7.19. The summed E-state index contributed by atoms with van der Waals surface area (Å²) in [7, 11) is 2.83. The zero-order valence-corrected chi connectivity index (χ0v) is 13.5. The molecule has 0 aromatic heterocycles. The standard InChI is InChI=1S/C18H17FO5/c1-11(17(20)12-7-9-13(19)10-8-12)24-18(21)16-14(22-2)5-4-6-15(16)23-3/h4-11H,1-3H3/t11-/m1/s1. The molecule has 0 aliphatic heterocycles. The molecule has 24 heavy (non-hydrogen) atoms. The highest BCUT2D eigenvalue weighted by atomic mass is 19.1. The smallest absolute Gasteiger partial charge is 0.346 e. The zero-order valence-electron chi connectivity index (χ0n) is 13.5. The number of esters is 1. The molecule has 2 rings (SSSR count). The molecule has 6 heteroatoms. The van der Waals surface area contributed by atoms with Gasteiger partial charge in [-0.25, -0.2) is 9.18 Å². The number of Topliss-reactive ketones (excluding diaryl/α,β-unsaturated/α-hetero) is 1. The van der Waals surface area contributed by atoms with Crippen LogP contribution in [0.1, 0.15) is 27.6 Å². The molecule has 0 saturated carbocycles. The zero-order chi connectivity index (χ0) is 17.7. The molecule has 126 valence electrons. The van der Waals surface area contributed by atoms with Crippen LogP contribution in [0.25, 0.3) is 0 Å². The molecule has 0 radical (unpaired) electrons. The van der Waals surface area contributed by atoms with Crippen molar-refractivity contribution in [1.29, 1.82) is 0 Å². The van der Waals surface area contributed by atoms with Gasteiger partial charge in [-0.2, -0.15) is 0 Å². The molecule has 0 spiro atoms. The fourth-order valence-corrected chi connectivity index (χ4v) is 2.17. The number of carbonyl (C=O) groups is 2. The molecule has 0 unspecified atom stereocenters. The van der Waals surface area contributed by atoms with Crippen molar-refractivity contribution in [3.8, 4) is 11.5 Å². The van der Waals surface area contributed by atoms with Gasteiger partial charge in [0, 0.05) is 5.56 Å². The SMILES string of the molecule is COc1cccc(OC)c1C(=O)O[C@H](C)C(=O)c1ccc(F)cc1. The quantitative estimate of drug-likeness (QED) is 0.600. The van der Waals surface area contributed by atoms with E-state index in [-0.39, 0.29) is 22.6 Å². The first-order chi connectivity index (χ1) is 11.5. The Hall–Kier alpha value is -2.89. The molecular weight excluding hydrogens is 315 g/mol. The van der Waals surface area contributed by atoms with E-state index < -0.39 is 23.7 Å². The molecule has 0 bridgehead atoms. The van der Waals surface area contributed by atoms with Gasteiger partial charge in [0.15, 0.2) is 6.10 Å². The first-order valence-corrected chi connectivity index (χ1v) is 7.19. The minimum absolute atomic E-state index is 0.0984. The molecule has 0 amide bonds. The molecule has 0 fully saturated rings. The number of carbonyl (C=O) groups excluding carboxylic acids is 2. The molecule has 5 nitrogen and oxygen atoms in total. The lowest BCUT2D eigenvalue weighted by atomic mass is 10.1. The van der Waals surface area contributed by atoms with E-state index in [1.807, 2.05) is 0 Å². The summed E-state index contributed by atoms with van der Waals surface area (Å²) in [5, 5.41) is 0. The molecule has 2 aromatic rings. The van der Waals surface area contributed by atoms with E-state index in [4.69, 9.17) is 14.2 Å². The van der Waals surface area contributed by atoms with Crippen molar-refractivity contribution in [3.05, 3.63) is 59.4 Å². The van der Waals surface area contributed by atoms with Crippen LogP contribution in [0.4, 0.5) is 4.39 Å². The lowest BCUT2D eigenvalue weighted by Crippen LogP contribution is -2.25. The number of ketones is 1. The van der Waals surface area contributed by atoms with Crippen LogP contribution in [0, 0.1) is 5.82 Å². The van der Waals surface area contributed by atoms with Crippen molar-refractivity contribution < 1.29 is 28.2 Å². The summed E-state index contributed by atoms with van der Waals surface area (Å²) >= 11 is 0. The maximum absolute atomic E-state index is 12.9. The number of benzene rings is 2. The summed E-state index contributed by atoms with van der Waals surface area (Å²) in [6.07, 6.45) is -1.04. The molecule has 2 aromatic carbocycles. The summed E-state index contributed by atoms with van der Waals surface area (Å²) in [6.45, 7) is 1.45. The van der Waals surface area contributed by atoms with Crippen molar-refractivity contribution >= 4 is 11.8 Å². The van der Waals surface area contributed by atoms with Crippen molar-refractivity contribution in [2.45, 2.75) is 13.0 Å². The number of rotatable bonds is 6. The highest BCUT2D eigenvalue weighted by Crippen LogP contribution is 2.29. The van der Waals surface area contributed by atoms with Crippen molar-refractivity contribution in [3.63, 3.8) is 0 Å². The number of ether oxygens (including phenoxy) is 3. The molecule has 1 atom stereocenters. The van der Waals surface area contributed by atoms with E-state index in [2.05, 4.69) is 0 Å². The largest absolute Gasteiger partial charge is 0.496 e. The first kappa shape index (κ1) is 17.5. The van der Waals surface area contributed by atoms with Gasteiger partial charge in [0.2, 0.25) is 5.78 Å². The minimum atomic E-state index is -1.04. The molecule has 0 saturated heterocycles. The van der Waals surface area contributed by atoms with E-state index >= 15 is 0 Å². The summed E-state index contributed by atoms with van der Waals surface area (Å²) in [6, 6.07) is 9.87. The van der Waals surface area contributed by atoms with Crippen LogP contribution in [0.2, 0.25) is 0 Å². The van der Waals surface area contributed by atoms with Crippen LogP contribution >= 0.6 is 0 Å². The second-order valence-corrected chi connectivity index (χ2v) is 4.96. The predicted molar refractivity (Wildman–Crippen MR) is 85.2 cm³/mol. The second-order valence-electron chi connectivity index (χ2n) is 4.96. The Labute approximate surface area is 139 Å². The lowest BCUT2D eigenvalue weighted by molar-refractivity contribution is 0.0312. The van der Waals surface area contributed by atoms with Gasteiger partial charge in [0.25, 0.3) is 0 Å². The highest BCUT2D eigenvalue weighted by molar-refractivity contribution is 6.02. The van der Waals surface area contributed by atoms with Crippen molar-refractivity contribution in [2.75, 3.05) is 14.2 Å². The number of halogens is 1. The fourth-order valence-electron chi connectivity index (χ4n) is 2.17. The summed E-state index contributed by atoms with van der Waals surface area (Å²) in [5.41, 5.74) is 0.352. The van der Waals surface area contributed by atoms with E-state index in [9.17, 15) is 14.0 Å². The Balaban J connectivity index is 2.20. The van der Waals surface area contributed by atoms with Crippen LogP contribution in [-0.2, 0) is 4.74 Å². The summed E-state index contributed by atoms with van der Waals surface area (Å²) in [5.74, 6) is -1.07. The van der Waals surface area contributed by atoms with Gasteiger partial charge in [-0.1, -0.05) is 6.07 Å². The van der Waals surface area contributed by atoms with Crippen LogP contribution in [0.5, 0.6) is 11.5 Å². The third-order valence-corrected chi connectivity index (χ3v) is 3.41. The second kappa shape index (κ2) is 7.59. The number of methoxy groups -OCH3 is 2. The highest BCUT2D eigenvalue weighted by Gasteiger charge is 2.25. The van der Waals surface area contributed by atoms with Crippen LogP contribution in [-0.4, -0.2) is 32.1 Å². The van der Waals surface area contributed by atoms with Crippen LogP contribution in [0.15, 0.2) is 42.5 Å². The topological polar surface area (TPSA) is 61.8 Å². The third-order valence-electron chi connectivity index (χ3n) is 3.41. The van der Waals surface area contributed by atoms with Crippen molar-refractivity contribution in [1.82, 2.24) is 0 Å². The van der Waals surface area contributed by atoms with Gasteiger partial charge < -0.3 is 14.2 Å². The minimum Gasteiger partial charge on any atom is -0.496 e. The van der Waals surface area contributed by atoms with E-state index in [0.29, 0.717) is 0 Å². The predicted octanol–water partition coefficient (Wildman–Crippen LogP) is 3.27. The van der Waals surface area contributed by atoms with E-state index in [1.165, 1.54) is 45.4 Å². The summed E-state index contributed by atoms with van der Waals surface area (Å²) in [4.78, 5) is 24.7. The summed E-state index contributed by atoms with van der Waals surface area (Å²) < 4.78 is 28.4. The molecule has 0 heterocycles. The van der Waals surface area contributed by atoms with Gasteiger partial charge in [-0.15, -0.1) is 0 Å². The van der Waals surface area contributed by atoms with Gasteiger partial charge in [-0.3, -0.25) is 4.79 Å². The Kier molecular flexibility index (Phi) is 5.52. The maximum atomic E-state index is 12.9. The normalized spacial score (nSPS) is 11.5. The molecular formula is C18H17FO5. The molecule has 0 N–H and O–H groups in total. The van der Waals surface area contributed by atoms with Gasteiger partial charge in [0.05, 0.1) is 14.2 Å². The Morgan fingerprint density at radius 2 is 1.50 bits per heavy atom.